The first-order valence-corrected chi connectivity index (χ1v) is 8.41. The zero-order valence-corrected chi connectivity index (χ0v) is 15.0. The number of halogens is 3. The number of nitrogens with zero attached hydrogens (tertiary/aromatic N) is 1. The van der Waals surface area contributed by atoms with Gasteiger partial charge in [-0.15, -0.1) is 13.2 Å². The van der Waals surface area contributed by atoms with Gasteiger partial charge in [0.2, 0.25) is 0 Å². The Labute approximate surface area is 162 Å². The molecular weight excluding hydrogens is 393 g/mol. The van der Waals surface area contributed by atoms with Crippen LogP contribution >= 0.6 is 0 Å². The number of alkyl halides is 3. The highest BCUT2D eigenvalue weighted by Gasteiger charge is 2.31. The number of benzene rings is 2. The summed E-state index contributed by atoms with van der Waals surface area (Å²) >= 11 is 0. The van der Waals surface area contributed by atoms with Crippen LogP contribution in [0.25, 0.3) is 11.0 Å². The molecule has 29 heavy (non-hydrogen) atoms. The summed E-state index contributed by atoms with van der Waals surface area (Å²) in [6, 6.07) is 11.6. The van der Waals surface area contributed by atoms with Crippen molar-refractivity contribution < 1.29 is 36.8 Å². The molecule has 0 spiro atoms. The number of para-hydroxylation sites is 1. The number of anilines is 1. The van der Waals surface area contributed by atoms with Gasteiger partial charge in [-0.1, -0.05) is 17.3 Å². The van der Waals surface area contributed by atoms with Crippen LogP contribution in [-0.2, 0) is 20.7 Å². The molecule has 1 atom stereocenters. The van der Waals surface area contributed by atoms with Gasteiger partial charge in [0.1, 0.15) is 11.4 Å². The van der Waals surface area contributed by atoms with E-state index >= 15 is 0 Å². The number of esters is 1. The second kappa shape index (κ2) is 8.21. The Morgan fingerprint density at radius 1 is 1.14 bits per heavy atom. The molecule has 1 unspecified atom stereocenters. The van der Waals surface area contributed by atoms with Crippen LogP contribution in [0.15, 0.2) is 53.1 Å². The minimum atomic E-state index is -4.80. The van der Waals surface area contributed by atoms with E-state index in [4.69, 9.17) is 9.26 Å². The first-order valence-electron chi connectivity index (χ1n) is 8.41. The summed E-state index contributed by atoms with van der Waals surface area (Å²) in [6.45, 7) is 1.37. The molecule has 3 aromatic rings. The molecule has 7 nitrogen and oxygen atoms in total. The van der Waals surface area contributed by atoms with Gasteiger partial charge >= 0.3 is 12.3 Å². The molecule has 0 aliphatic rings. The van der Waals surface area contributed by atoms with E-state index in [1.165, 1.54) is 19.1 Å². The van der Waals surface area contributed by atoms with Gasteiger partial charge in [0, 0.05) is 11.1 Å². The number of hydrogen-bond donors (Lipinski definition) is 1. The van der Waals surface area contributed by atoms with Crippen LogP contribution in [0.3, 0.4) is 0 Å². The van der Waals surface area contributed by atoms with E-state index in [-0.39, 0.29) is 12.1 Å². The van der Waals surface area contributed by atoms with Crippen molar-refractivity contribution in [3.8, 4) is 5.75 Å². The van der Waals surface area contributed by atoms with Gasteiger partial charge in [-0.2, -0.15) is 0 Å². The Balaban J connectivity index is 1.54. The van der Waals surface area contributed by atoms with Crippen LogP contribution < -0.4 is 10.1 Å². The van der Waals surface area contributed by atoms with E-state index in [0.29, 0.717) is 16.7 Å². The van der Waals surface area contributed by atoms with Gasteiger partial charge in [0.05, 0.1) is 6.42 Å². The second-order valence-electron chi connectivity index (χ2n) is 6.00. The summed E-state index contributed by atoms with van der Waals surface area (Å²) < 4.78 is 50.4. The van der Waals surface area contributed by atoms with Crippen molar-refractivity contribution in [2.24, 2.45) is 0 Å². The zero-order valence-electron chi connectivity index (χ0n) is 15.0. The Morgan fingerprint density at radius 3 is 2.52 bits per heavy atom. The number of aromatic nitrogens is 1. The Bertz CT molecular complexity index is 1010. The van der Waals surface area contributed by atoms with Gasteiger partial charge in [0.25, 0.3) is 5.91 Å². The number of amides is 1. The van der Waals surface area contributed by atoms with E-state index < -0.39 is 30.1 Å². The fourth-order valence-electron chi connectivity index (χ4n) is 2.48. The quantitative estimate of drug-likeness (QED) is 0.624. The largest absolute Gasteiger partial charge is 0.573 e. The number of nitrogens with one attached hydrogen (secondary N) is 1. The lowest BCUT2D eigenvalue weighted by Crippen LogP contribution is -2.30. The molecule has 152 valence electrons. The topological polar surface area (TPSA) is 90.7 Å². The maximum atomic E-state index is 12.2. The Hall–Kier alpha value is -3.56. The highest BCUT2D eigenvalue weighted by atomic mass is 19.4. The summed E-state index contributed by atoms with van der Waals surface area (Å²) in [7, 11) is 0. The van der Waals surface area contributed by atoms with Crippen molar-refractivity contribution >= 4 is 28.5 Å². The van der Waals surface area contributed by atoms with Crippen molar-refractivity contribution in [1.29, 1.82) is 0 Å². The summed E-state index contributed by atoms with van der Waals surface area (Å²) in [6.07, 6.45) is -6.12. The Kier molecular flexibility index (Phi) is 5.71. The van der Waals surface area contributed by atoms with Crippen molar-refractivity contribution in [1.82, 2.24) is 5.16 Å². The number of fused-ring (bicyclic) bond motifs is 1. The van der Waals surface area contributed by atoms with Crippen LogP contribution in [0.2, 0.25) is 0 Å². The third-order valence-corrected chi connectivity index (χ3v) is 3.80. The molecule has 0 saturated carbocycles. The predicted molar refractivity (Wildman–Crippen MR) is 95.0 cm³/mol. The molecule has 1 amide bonds. The molecule has 1 heterocycles. The molecule has 0 saturated heterocycles. The molecule has 1 aromatic heterocycles. The van der Waals surface area contributed by atoms with E-state index in [2.05, 4.69) is 15.2 Å². The van der Waals surface area contributed by atoms with E-state index in [0.717, 1.165) is 12.1 Å². The van der Waals surface area contributed by atoms with Crippen LogP contribution in [-0.4, -0.2) is 29.5 Å². The molecule has 0 aliphatic heterocycles. The third-order valence-electron chi connectivity index (χ3n) is 3.80. The van der Waals surface area contributed by atoms with E-state index in [9.17, 15) is 22.8 Å². The average Bonchev–Trinajstić information content (AvgIpc) is 3.05. The SMILES string of the molecule is CC(OC(=O)Cc1noc2ccccc12)C(=O)Nc1ccc(OC(F)(F)F)cc1. The maximum Gasteiger partial charge on any atom is 0.573 e. The molecule has 0 fully saturated rings. The smallest absolute Gasteiger partial charge is 0.452 e. The number of carbonyl (C=O) groups excluding carboxylic acids is 2. The molecule has 3 rings (SSSR count). The second-order valence-corrected chi connectivity index (χ2v) is 6.00. The maximum absolute atomic E-state index is 12.2. The average molecular weight is 408 g/mol. The fraction of sp³-hybridized carbons (Fsp3) is 0.211. The summed E-state index contributed by atoms with van der Waals surface area (Å²) in [5.41, 5.74) is 1.13. The van der Waals surface area contributed by atoms with Crippen molar-refractivity contribution in [2.45, 2.75) is 25.8 Å². The highest BCUT2D eigenvalue weighted by molar-refractivity contribution is 5.95. The first-order chi connectivity index (χ1) is 13.7. The van der Waals surface area contributed by atoms with Gasteiger partial charge in [-0.25, -0.2) is 0 Å². The monoisotopic (exact) mass is 408 g/mol. The molecule has 2 aromatic carbocycles. The lowest BCUT2D eigenvalue weighted by atomic mass is 10.2. The minimum absolute atomic E-state index is 0.182. The fourth-order valence-corrected chi connectivity index (χ4v) is 2.48. The number of carbonyl (C=O) groups is 2. The van der Waals surface area contributed by atoms with Gasteiger partial charge < -0.3 is 19.3 Å². The number of hydrogen-bond acceptors (Lipinski definition) is 6. The number of ether oxygens (including phenoxy) is 2. The summed E-state index contributed by atoms with van der Waals surface area (Å²) in [5.74, 6) is -1.75. The van der Waals surface area contributed by atoms with Crippen LogP contribution in [0.1, 0.15) is 12.6 Å². The third kappa shape index (κ3) is 5.47. The molecule has 1 N–H and O–H groups in total. The molecule has 0 bridgehead atoms. The zero-order chi connectivity index (χ0) is 21.0. The molecular formula is C19H15F3N2O5. The lowest BCUT2D eigenvalue weighted by Gasteiger charge is -2.14. The molecule has 0 radical (unpaired) electrons. The van der Waals surface area contributed by atoms with Crippen LogP contribution in [0.5, 0.6) is 5.75 Å². The van der Waals surface area contributed by atoms with Crippen molar-refractivity contribution in [2.75, 3.05) is 5.32 Å². The molecule has 0 aliphatic carbocycles. The standard InChI is InChI=1S/C19H15F3N2O5/c1-11(18(26)23-12-6-8-13(9-7-12)28-19(20,21)22)27-17(25)10-15-14-4-2-3-5-16(14)29-24-15/h2-9,11H,10H2,1H3,(H,23,26). The van der Waals surface area contributed by atoms with Crippen molar-refractivity contribution in [3.63, 3.8) is 0 Å². The predicted octanol–water partition coefficient (Wildman–Crippen LogP) is 3.84. The van der Waals surface area contributed by atoms with E-state index in [1.54, 1.807) is 24.3 Å². The van der Waals surface area contributed by atoms with E-state index in [1.807, 2.05) is 0 Å². The molecule has 10 heteroatoms. The van der Waals surface area contributed by atoms with Gasteiger partial charge in [-0.05, 0) is 43.3 Å². The minimum Gasteiger partial charge on any atom is -0.452 e. The van der Waals surface area contributed by atoms with Crippen LogP contribution in [0.4, 0.5) is 18.9 Å². The number of rotatable bonds is 6. The van der Waals surface area contributed by atoms with Gasteiger partial charge in [0.15, 0.2) is 11.7 Å². The normalized spacial score (nSPS) is 12.4. The Morgan fingerprint density at radius 2 is 1.83 bits per heavy atom. The highest BCUT2D eigenvalue weighted by Crippen LogP contribution is 2.24. The van der Waals surface area contributed by atoms with Gasteiger partial charge in [-0.3, -0.25) is 9.59 Å². The summed E-state index contributed by atoms with van der Waals surface area (Å²) in [5, 5.41) is 6.93. The van der Waals surface area contributed by atoms with Crippen molar-refractivity contribution in [3.05, 3.63) is 54.2 Å². The summed E-state index contributed by atoms with van der Waals surface area (Å²) in [4.78, 5) is 24.2. The lowest BCUT2D eigenvalue weighted by molar-refractivity contribution is -0.274. The van der Waals surface area contributed by atoms with Crippen LogP contribution in [0, 0.1) is 0 Å². The first kappa shape index (κ1) is 20.2.